The van der Waals surface area contributed by atoms with Crippen molar-refractivity contribution in [1.82, 2.24) is 9.80 Å². The number of nitrogens with one attached hydrogen (secondary N) is 1. The summed E-state index contributed by atoms with van der Waals surface area (Å²) in [5.41, 5.74) is 1.73. The fourth-order valence-corrected chi connectivity index (χ4v) is 4.06. The van der Waals surface area contributed by atoms with E-state index in [1.165, 1.54) is 9.78 Å². The molecule has 0 fully saturated rings. The quantitative estimate of drug-likeness (QED) is 0.465. The van der Waals surface area contributed by atoms with Crippen molar-refractivity contribution >= 4 is 29.0 Å². The minimum atomic E-state index is -0.328. The second-order valence-electron chi connectivity index (χ2n) is 7.21. The van der Waals surface area contributed by atoms with Gasteiger partial charge in [-0.25, -0.2) is 4.79 Å². The van der Waals surface area contributed by atoms with Gasteiger partial charge in [0.25, 0.3) is 0 Å². The molecule has 31 heavy (non-hydrogen) atoms. The van der Waals surface area contributed by atoms with Gasteiger partial charge >= 0.3 is 6.03 Å². The van der Waals surface area contributed by atoms with Gasteiger partial charge < -0.3 is 15.1 Å². The van der Waals surface area contributed by atoms with Gasteiger partial charge in [-0.2, -0.15) is 0 Å². The van der Waals surface area contributed by atoms with Crippen LogP contribution in [-0.2, 0) is 17.9 Å². The minimum Gasteiger partial charge on any atom is -0.332 e. The number of urea groups is 1. The van der Waals surface area contributed by atoms with Gasteiger partial charge in [0.2, 0.25) is 5.91 Å². The number of hydrogen-bond donors (Lipinski definition) is 1. The molecule has 3 rings (SSSR count). The van der Waals surface area contributed by atoms with Crippen LogP contribution in [0.4, 0.5) is 10.5 Å². The third-order valence-electron chi connectivity index (χ3n) is 4.70. The Labute approximate surface area is 187 Å². The Hall–Kier alpha value is -3.38. The Kier molecular flexibility index (Phi) is 8.01. The van der Waals surface area contributed by atoms with Gasteiger partial charge in [0.1, 0.15) is 6.54 Å². The van der Waals surface area contributed by atoms with Crippen molar-refractivity contribution in [2.45, 2.75) is 20.0 Å². The van der Waals surface area contributed by atoms with Crippen LogP contribution in [0.1, 0.15) is 15.3 Å². The van der Waals surface area contributed by atoms with Crippen LogP contribution in [0, 0.1) is 6.92 Å². The van der Waals surface area contributed by atoms with Crippen LogP contribution < -0.4 is 5.32 Å². The number of thiophene rings is 1. The lowest BCUT2D eigenvalue weighted by molar-refractivity contribution is -0.132. The van der Waals surface area contributed by atoms with Crippen LogP contribution in [0.2, 0.25) is 0 Å². The number of anilines is 1. The highest BCUT2D eigenvalue weighted by Gasteiger charge is 2.21. The van der Waals surface area contributed by atoms with Crippen molar-refractivity contribution in [1.29, 1.82) is 0 Å². The smallest absolute Gasteiger partial charge is 0.322 e. The van der Waals surface area contributed by atoms with Crippen LogP contribution in [0.25, 0.3) is 0 Å². The Morgan fingerprint density at radius 3 is 2.23 bits per heavy atom. The molecule has 0 saturated carbocycles. The number of para-hydroxylation sites is 1. The minimum absolute atomic E-state index is 0.0259. The zero-order chi connectivity index (χ0) is 22.1. The highest BCUT2D eigenvalue weighted by molar-refractivity contribution is 7.11. The SMILES string of the molecule is C=CCN(CC(=O)N(Cc1ccccc1)Cc1ccc(C)s1)C(=O)Nc1ccccc1. The standard InChI is InChI=1S/C25H27N3O2S/c1-3-16-27(25(30)26-22-12-8-5-9-13-22)19-24(29)28(17-21-10-6-4-7-11-21)18-23-15-14-20(2)31-23/h3-15H,1,16-19H2,2H3,(H,26,30). The van der Waals surface area contributed by atoms with Crippen molar-refractivity contribution in [2.24, 2.45) is 0 Å². The normalized spacial score (nSPS) is 10.4. The van der Waals surface area contributed by atoms with Crippen molar-refractivity contribution in [3.63, 3.8) is 0 Å². The van der Waals surface area contributed by atoms with E-state index in [4.69, 9.17) is 0 Å². The van der Waals surface area contributed by atoms with E-state index in [0.717, 1.165) is 10.4 Å². The lowest BCUT2D eigenvalue weighted by Gasteiger charge is -2.27. The fourth-order valence-electron chi connectivity index (χ4n) is 3.16. The van der Waals surface area contributed by atoms with Gasteiger partial charge in [-0.05, 0) is 36.8 Å². The van der Waals surface area contributed by atoms with Crippen LogP contribution in [0.3, 0.4) is 0 Å². The van der Waals surface area contributed by atoms with Gasteiger partial charge in [-0.1, -0.05) is 54.6 Å². The average molecular weight is 434 g/mol. The molecular weight excluding hydrogens is 406 g/mol. The largest absolute Gasteiger partial charge is 0.332 e. The molecule has 3 amide bonds. The molecule has 0 saturated heterocycles. The highest BCUT2D eigenvalue weighted by Crippen LogP contribution is 2.19. The molecule has 160 valence electrons. The van der Waals surface area contributed by atoms with E-state index in [1.807, 2.05) is 60.7 Å². The number of carbonyl (C=O) groups is 2. The second-order valence-corrected chi connectivity index (χ2v) is 8.59. The van der Waals surface area contributed by atoms with Crippen molar-refractivity contribution in [3.8, 4) is 0 Å². The van der Waals surface area contributed by atoms with Crippen LogP contribution >= 0.6 is 11.3 Å². The van der Waals surface area contributed by atoms with Gasteiger partial charge in [-0.3, -0.25) is 4.79 Å². The molecule has 2 aromatic carbocycles. The molecule has 0 aliphatic carbocycles. The first-order valence-electron chi connectivity index (χ1n) is 10.1. The number of nitrogens with zero attached hydrogens (tertiary/aromatic N) is 2. The summed E-state index contributed by atoms with van der Waals surface area (Å²) >= 11 is 1.68. The molecule has 0 bridgehead atoms. The molecule has 3 aromatic rings. The molecular formula is C25H27N3O2S. The maximum atomic E-state index is 13.3. The zero-order valence-electron chi connectivity index (χ0n) is 17.7. The number of hydrogen-bond acceptors (Lipinski definition) is 3. The first-order valence-corrected chi connectivity index (χ1v) is 11.0. The molecule has 0 radical (unpaired) electrons. The molecule has 1 aromatic heterocycles. The number of benzene rings is 2. The van der Waals surface area contributed by atoms with Crippen molar-refractivity contribution in [3.05, 3.63) is 101 Å². The van der Waals surface area contributed by atoms with E-state index in [0.29, 0.717) is 18.8 Å². The van der Waals surface area contributed by atoms with Gasteiger partial charge in [-0.15, -0.1) is 17.9 Å². The van der Waals surface area contributed by atoms with E-state index < -0.39 is 0 Å². The Morgan fingerprint density at radius 1 is 0.935 bits per heavy atom. The lowest BCUT2D eigenvalue weighted by Crippen LogP contribution is -2.44. The monoisotopic (exact) mass is 433 g/mol. The summed E-state index contributed by atoms with van der Waals surface area (Å²) in [7, 11) is 0. The fraction of sp³-hybridized carbons (Fsp3) is 0.200. The number of carbonyl (C=O) groups excluding carboxylic acids is 2. The maximum Gasteiger partial charge on any atom is 0.322 e. The molecule has 0 unspecified atom stereocenters. The summed E-state index contributed by atoms with van der Waals surface area (Å²) in [5, 5.41) is 2.84. The predicted molar refractivity (Wildman–Crippen MR) is 127 cm³/mol. The summed E-state index contributed by atoms with van der Waals surface area (Å²) < 4.78 is 0. The summed E-state index contributed by atoms with van der Waals surface area (Å²) in [6, 6.07) is 22.9. The molecule has 0 aliphatic rings. The van der Waals surface area contributed by atoms with E-state index in [-0.39, 0.29) is 25.0 Å². The van der Waals surface area contributed by atoms with Crippen LogP contribution in [-0.4, -0.2) is 34.8 Å². The van der Waals surface area contributed by atoms with Gasteiger partial charge in [0.05, 0.1) is 6.54 Å². The zero-order valence-corrected chi connectivity index (χ0v) is 18.5. The lowest BCUT2D eigenvalue weighted by atomic mass is 10.2. The number of rotatable bonds is 9. The van der Waals surface area contributed by atoms with Crippen molar-refractivity contribution in [2.75, 3.05) is 18.4 Å². The summed E-state index contributed by atoms with van der Waals surface area (Å²) in [4.78, 5) is 31.6. The molecule has 0 aliphatic heterocycles. The molecule has 0 atom stereocenters. The molecule has 1 N–H and O–H groups in total. The van der Waals surface area contributed by atoms with Crippen LogP contribution in [0.5, 0.6) is 0 Å². The number of amides is 3. The summed E-state index contributed by atoms with van der Waals surface area (Å²) in [6.07, 6.45) is 1.63. The summed E-state index contributed by atoms with van der Waals surface area (Å²) in [5.74, 6) is -0.111. The topological polar surface area (TPSA) is 52.7 Å². The van der Waals surface area contributed by atoms with E-state index >= 15 is 0 Å². The van der Waals surface area contributed by atoms with Crippen molar-refractivity contribution < 1.29 is 9.59 Å². The van der Waals surface area contributed by atoms with Gasteiger partial charge in [0, 0.05) is 28.5 Å². The van der Waals surface area contributed by atoms with E-state index in [9.17, 15) is 9.59 Å². The first kappa shape index (κ1) is 22.3. The summed E-state index contributed by atoms with van der Waals surface area (Å²) in [6.45, 7) is 7.04. The third kappa shape index (κ3) is 6.83. The molecule has 0 spiro atoms. The number of aryl methyl sites for hydroxylation is 1. The molecule has 5 nitrogen and oxygen atoms in total. The van der Waals surface area contributed by atoms with Crippen LogP contribution in [0.15, 0.2) is 85.5 Å². The average Bonchev–Trinajstić information content (AvgIpc) is 3.19. The maximum absolute atomic E-state index is 13.3. The Morgan fingerprint density at radius 2 is 1.61 bits per heavy atom. The molecule has 6 heteroatoms. The first-order chi connectivity index (χ1) is 15.0. The Bertz CT molecular complexity index is 1000. The van der Waals surface area contributed by atoms with Gasteiger partial charge in [0.15, 0.2) is 0 Å². The van der Waals surface area contributed by atoms with E-state index in [1.54, 1.807) is 22.3 Å². The highest BCUT2D eigenvalue weighted by atomic mass is 32.1. The molecule has 1 heterocycles. The third-order valence-corrected chi connectivity index (χ3v) is 5.68. The second kappa shape index (κ2) is 11.1. The van der Waals surface area contributed by atoms with E-state index in [2.05, 4.69) is 31.0 Å². The Balaban J connectivity index is 1.73. The predicted octanol–water partition coefficient (Wildman–Crippen LogP) is 5.31.